The fourth-order valence-corrected chi connectivity index (χ4v) is 4.08. The van der Waals surface area contributed by atoms with E-state index in [4.69, 9.17) is 9.47 Å². The summed E-state index contributed by atoms with van der Waals surface area (Å²) in [5.74, 6) is -1.10. The van der Waals surface area contributed by atoms with Crippen LogP contribution < -0.4 is 5.56 Å². The first kappa shape index (κ1) is 19.4. The van der Waals surface area contributed by atoms with Crippen LogP contribution in [0.1, 0.15) is 63.0 Å². The standard InChI is InChI=1S/C19H26F2N4O3/c1-2-24-16(12-28-14-3-7-19(20,21)8-4-14)23-25-15(18(24)26)11-22-17(25)13-5-9-27-10-6-13/h11,13-14H,2-10,12H2,1H3. The molecule has 2 aromatic heterocycles. The molecule has 3 heterocycles. The molecule has 0 radical (unpaired) electrons. The Morgan fingerprint density at radius 3 is 2.64 bits per heavy atom. The van der Waals surface area contributed by atoms with Gasteiger partial charge in [0.1, 0.15) is 12.4 Å². The van der Waals surface area contributed by atoms with E-state index in [-0.39, 0.29) is 37.0 Å². The molecule has 2 aliphatic rings. The molecule has 1 saturated carbocycles. The van der Waals surface area contributed by atoms with Gasteiger partial charge in [0.05, 0.1) is 12.3 Å². The number of fused-ring (bicyclic) bond motifs is 1. The molecule has 1 saturated heterocycles. The lowest BCUT2D eigenvalue weighted by Gasteiger charge is -2.28. The van der Waals surface area contributed by atoms with E-state index < -0.39 is 5.92 Å². The molecular weight excluding hydrogens is 370 g/mol. The Balaban J connectivity index is 1.59. The van der Waals surface area contributed by atoms with Crippen LogP contribution in [0, 0.1) is 0 Å². The molecule has 0 N–H and O–H groups in total. The van der Waals surface area contributed by atoms with Crippen LogP contribution >= 0.6 is 0 Å². The van der Waals surface area contributed by atoms with Crippen molar-refractivity contribution < 1.29 is 18.3 Å². The number of nitrogens with zero attached hydrogens (tertiary/aromatic N) is 4. The monoisotopic (exact) mass is 396 g/mol. The fourth-order valence-electron chi connectivity index (χ4n) is 4.08. The van der Waals surface area contributed by atoms with Crippen LogP contribution in [0.4, 0.5) is 8.78 Å². The Morgan fingerprint density at radius 2 is 1.96 bits per heavy atom. The van der Waals surface area contributed by atoms with E-state index in [2.05, 4.69) is 10.1 Å². The van der Waals surface area contributed by atoms with Crippen molar-refractivity contribution in [3.8, 4) is 0 Å². The zero-order valence-corrected chi connectivity index (χ0v) is 16.1. The maximum Gasteiger partial charge on any atom is 0.279 e. The van der Waals surface area contributed by atoms with Crippen molar-refractivity contribution in [3.63, 3.8) is 0 Å². The molecule has 0 unspecified atom stereocenters. The molecule has 7 nitrogen and oxygen atoms in total. The molecule has 0 aromatic carbocycles. The third-order valence-corrected chi connectivity index (χ3v) is 5.77. The molecule has 2 fully saturated rings. The minimum absolute atomic E-state index is 0.126. The summed E-state index contributed by atoms with van der Waals surface area (Å²) in [6.07, 6.45) is 3.39. The second-order valence-corrected chi connectivity index (χ2v) is 7.63. The molecule has 9 heteroatoms. The van der Waals surface area contributed by atoms with Gasteiger partial charge in [-0.3, -0.25) is 9.36 Å². The van der Waals surface area contributed by atoms with Gasteiger partial charge in [-0.05, 0) is 32.6 Å². The summed E-state index contributed by atoms with van der Waals surface area (Å²) >= 11 is 0. The van der Waals surface area contributed by atoms with Crippen molar-refractivity contribution >= 4 is 5.52 Å². The van der Waals surface area contributed by atoms with Gasteiger partial charge < -0.3 is 9.47 Å². The molecule has 1 aliphatic heterocycles. The molecule has 154 valence electrons. The zero-order valence-electron chi connectivity index (χ0n) is 16.1. The zero-order chi connectivity index (χ0) is 19.7. The minimum atomic E-state index is -2.59. The Hall–Kier alpha value is -1.87. The topological polar surface area (TPSA) is 70.7 Å². The van der Waals surface area contributed by atoms with E-state index in [1.807, 2.05) is 6.92 Å². The average molecular weight is 396 g/mol. The maximum absolute atomic E-state index is 13.3. The lowest BCUT2D eigenvalue weighted by molar-refractivity contribution is -0.0852. The molecule has 0 amide bonds. The van der Waals surface area contributed by atoms with Crippen LogP contribution in [0.3, 0.4) is 0 Å². The Labute approximate surface area is 161 Å². The molecule has 2 aromatic rings. The van der Waals surface area contributed by atoms with E-state index in [0.29, 0.717) is 43.9 Å². The number of halogens is 2. The maximum atomic E-state index is 13.3. The number of aromatic nitrogens is 4. The number of alkyl halides is 2. The van der Waals surface area contributed by atoms with Crippen molar-refractivity contribution in [2.24, 2.45) is 0 Å². The second kappa shape index (κ2) is 7.87. The molecule has 28 heavy (non-hydrogen) atoms. The van der Waals surface area contributed by atoms with Gasteiger partial charge in [-0.25, -0.2) is 18.3 Å². The summed E-state index contributed by atoms with van der Waals surface area (Å²) in [6, 6.07) is 0. The van der Waals surface area contributed by atoms with E-state index in [0.717, 1.165) is 18.7 Å². The van der Waals surface area contributed by atoms with E-state index in [1.54, 1.807) is 15.3 Å². The van der Waals surface area contributed by atoms with Gasteiger partial charge in [-0.2, -0.15) is 5.10 Å². The minimum Gasteiger partial charge on any atom is -0.381 e. The average Bonchev–Trinajstić information content (AvgIpc) is 3.12. The first-order valence-electron chi connectivity index (χ1n) is 10.0. The fraction of sp³-hybridized carbons (Fsp3) is 0.737. The summed E-state index contributed by atoms with van der Waals surface area (Å²) in [5, 5.41) is 4.66. The summed E-state index contributed by atoms with van der Waals surface area (Å²) in [7, 11) is 0. The van der Waals surface area contributed by atoms with Crippen molar-refractivity contribution in [2.75, 3.05) is 13.2 Å². The molecule has 0 bridgehead atoms. The summed E-state index contributed by atoms with van der Waals surface area (Å²) < 4.78 is 41.2. The highest BCUT2D eigenvalue weighted by molar-refractivity contribution is 5.43. The first-order valence-corrected chi connectivity index (χ1v) is 10.0. The van der Waals surface area contributed by atoms with Crippen LogP contribution in [0.25, 0.3) is 5.52 Å². The Bertz CT molecular complexity index is 879. The SMILES string of the molecule is CCn1c(COC2CCC(F)(F)CC2)nn2c(C3CCOCC3)ncc2c1=O. The van der Waals surface area contributed by atoms with E-state index in [9.17, 15) is 13.6 Å². The number of ether oxygens (including phenoxy) is 2. The highest BCUT2D eigenvalue weighted by atomic mass is 19.3. The van der Waals surface area contributed by atoms with Crippen molar-refractivity contribution in [1.82, 2.24) is 19.2 Å². The number of hydrogen-bond donors (Lipinski definition) is 0. The summed E-state index contributed by atoms with van der Waals surface area (Å²) in [5.41, 5.74) is 0.293. The van der Waals surface area contributed by atoms with Gasteiger partial charge in [-0.15, -0.1) is 0 Å². The van der Waals surface area contributed by atoms with Gasteiger partial charge in [0.15, 0.2) is 11.3 Å². The molecule has 4 rings (SSSR count). The molecular formula is C19H26F2N4O3. The summed E-state index contributed by atoms with van der Waals surface area (Å²) in [6.45, 7) is 3.81. The van der Waals surface area contributed by atoms with Gasteiger partial charge in [-0.1, -0.05) is 0 Å². The third-order valence-electron chi connectivity index (χ3n) is 5.77. The number of rotatable bonds is 5. The van der Waals surface area contributed by atoms with Crippen molar-refractivity contribution in [3.05, 3.63) is 28.2 Å². The highest BCUT2D eigenvalue weighted by Crippen LogP contribution is 2.34. The largest absolute Gasteiger partial charge is 0.381 e. The van der Waals surface area contributed by atoms with E-state index >= 15 is 0 Å². The Kier molecular flexibility index (Phi) is 5.46. The van der Waals surface area contributed by atoms with Gasteiger partial charge in [0.2, 0.25) is 5.92 Å². The smallest absolute Gasteiger partial charge is 0.279 e. The predicted molar refractivity (Wildman–Crippen MR) is 97.7 cm³/mol. The van der Waals surface area contributed by atoms with Gasteiger partial charge in [0, 0.05) is 38.5 Å². The van der Waals surface area contributed by atoms with Crippen LogP contribution in [-0.4, -0.2) is 44.4 Å². The summed E-state index contributed by atoms with van der Waals surface area (Å²) in [4.78, 5) is 17.4. The van der Waals surface area contributed by atoms with Gasteiger partial charge >= 0.3 is 0 Å². The molecule has 1 aliphatic carbocycles. The number of imidazole rings is 1. The molecule has 0 spiro atoms. The quantitative estimate of drug-likeness (QED) is 0.777. The van der Waals surface area contributed by atoms with Crippen LogP contribution in [0.5, 0.6) is 0 Å². The van der Waals surface area contributed by atoms with Crippen LogP contribution in [-0.2, 0) is 22.6 Å². The first-order chi connectivity index (χ1) is 13.5. The Morgan fingerprint density at radius 1 is 1.25 bits per heavy atom. The van der Waals surface area contributed by atoms with Crippen LogP contribution in [0.2, 0.25) is 0 Å². The predicted octanol–water partition coefficient (Wildman–Crippen LogP) is 2.90. The highest BCUT2D eigenvalue weighted by Gasteiger charge is 2.35. The van der Waals surface area contributed by atoms with Crippen molar-refractivity contribution in [2.45, 2.75) is 76.5 Å². The molecule has 0 atom stereocenters. The van der Waals surface area contributed by atoms with Crippen molar-refractivity contribution in [1.29, 1.82) is 0 Å². The number of hydrogen-bond acceptors (Lipinski definition) is 5. The van der Waals surface area contributed by atoms with E-state index in [1.165, 1.54) is 0 Å². The van der Waals surface area contributed by atoms with Crippen LogP contribution in [0.15, 0.2) is 11.0 Å². The third kappa shape index (κ3) is 3.82. The van der Waals surface area contributed by atoms with Gasteiger partial charge in [0.25, 0.3) is 5.56 Å². The normalized spacial score (nSPS) is 21.4. The second-order valence-electron chi connectivity index (χ2n) is 7.63. The lowest BCUT2D eigenvalue weighted by atomic mass is 9.94. The lowest BCUT2D eigenvalue weighted by Crippen LogP contribution is -2.31.